The van der Waals surface area contributed by atoms with E-state index in [0.717, 1.165) is 52.8 Å². The minimum Gasteiger partial charge on any atom is -0.342 e. The lowest BCUT2D eigenvalue weighted by Crippen LogP contribution is -2.39. The number of aromatic amines is 1. The maximum Gasteiger partial charge on any atom is 0.226 e. The molecule has 0 unspecified atom stereocenters. The number of carbonyl (C=O) groups is 1. The van der Waals surface area contributed by atoms with E-state index in [4.69, 9.17) is 4.98 Å². The molecule has 0 spiro atoms. The van der Waals surface area contributed by atoms with Gasteiger partial charge in [0.1, 0.15) is 5.82 Å². The Balaban J connectivity index is 1.37. The second kappa shape index (κ2) is 7.00. The van der Waals surface area contributed by atoms with Crippen molar-refractivity contribution < 1.29 is 4.79 Å². The zero-order chi connectivity index (χ0) is 17.2. The number of nitrogens with one attached hydrogen (secondary N) is 1. The molecule has 1 aliphatic rings. The summed E-state index contributed by atoms with van der Waals surface area (Å²) in [7, 11) is 0. The van der Waals surface area contributed by atoms with Crippen molar-refractivity contribution in [1.82, 2.24) is 14.9 Å². The van der Waals surface area contributed by atoms with E-state index in [1.807, 2.05) is 47.4 Å². The molecule has 0 atom stereocenters. The van der Waals surface area contributed by atoms with Crippen LogP contribution >= 0.6 is 15.9 Å². The normalized spacial score (nSPS) is 15.6. The quantitative estimate of drug-likeness (QED) is 0.716. The Kier molecular flexibility index (Phi) is 4.57. The van der Waals surface area contributed by atoms with Gasteiger partial charge in [-0.25, -0.2) is 4.98 Å². The maximum atomic E-state index is 12.5. The van der Waals surface area contributed by atoms with Crippen LogP contribution in [0.2, 0.25) is 0 Å². The van der Waals surface area contributed by atoms with Crippen LogP contribution < -0.4 is 0 Å². The van der Waals surface area contributed by atoms with Crippen molar-refractivity contribution in [3.8, 4) is 0 Å². The molecule has 2 heterocycles. The van der Waals surface area contributed by atoms with Crippen LogP contribution in [0.3, 0.4) is 0 Å². The van der Waals surface area contributed by atoms with Gasteiger partial charge in [-0.2, -0.15) is 0 Å². The van der Waals surface area contributed by atoms with Gasteiger partial charge in [0.2, 0.25) is 5.91 Å². The summed E-state index contributed by atoms with van der Waals surface area (Å²) in [6.07, 6.45) is 2.40. The minimum atomic E-state index is 0.213. The number of para-hydroxylation sites is 2. The van der Waals surface area contributed by atoms with Crippen molar-refractivity contribution in [1.29, 1.82) is 0 Å². The number of hydrogen-bond donors (Lipinski definition) is 1. The third-order valence-electron chi connectivity index (χ3n) is 4.91. The molecule has 1 N–H and O–H groups in total. The molecule has 1 fully saturated rings. The van der Waals surface area contributed by atoms with Crippen molar-refractivity contribution in [2.45, 2.75) is 25.2 Å². The summed E-state index contributed by atoms with van der Waals surface area (Å²) in [6.45, 7) is 1.61. The maximum absolute atomic E-state index is 12.5. The second-order valence-electron chi connectivity index (χ2n) is 6.60. The fraction of sp³-hybridized carbons (Fsp3) is 0.300. The van der Waals surface area contributed by atoms with Crippen LogP contribution in [0.1, 0.15) is 30.1 Å². The molecule has 4 rings (SSSR count). The van der Waals surface area contributed by atoms with Gasteiger partial charge in [0.05, 0.1) is 17.5 Å². The van der Waals surface area contributed by atoms with Gasteiger partial charge in [-0.3, -0.25) is 4.79 Å². The van der Waals surface area contributed by atoms with Gasteiger partial charge in [-0.15, -0.1) is 0 Å². The van der Waals surface area contributed by atoms with E-state index >= 15 is 0 Å². The van der Waals surface area contributed by atoms with Crippen LogP contribution in [0.15, 0.2) is 53.0 Å². The lowest BCUT2D eigenvalue weighted by atomic mass is 9.95. The number of benzene rings is 2. The largest absolute Gasteiger partial charge is 0.342 e. The minimum absolute atomic E-state index is 0.213. The van der Waals surface area contributed by atoms with Gasteiger partial charge in [-0.1, -0.05) is 40.2 Å². The van der Waals surface area contributed by atoms with Crippen molar-refractivity contribution in [3.05, 3.63) is 64.4 Å². The molecule has 1 saturated heterocycles. The van der Waals surface area contributed by atoms with Crippen LogP contribution in [0.25, 0.3) is 11.0 Å². The summed E-state index contributed by atoms with van der Waals surface area (Å²) in [5.74, 6) is 1.68. The van der Waals surface area contributed by atoms with Crippen molar-refractivity contribution >= 4 is 32.9 Å². The standard InChI is InChI=1S/C20H20BrN3O/c21-16-7-5-14(6-8-16)13-19(25)24-11-9-15(10-12-24)20-22-17-3-1-2-4-18(17)23-20/h1-8,15H,9-13H2,(H,22,23). The first-order valence-electron chi connectivity index (χ1n) is 8.66. The number of piperidine rings is 1. The first-order chi connectivity index (χ1) is 12.2. The molecule has 2 aromatic carbocycles. The lowest BCUT2D eigenvalue weighted by molar-refractivity contribution is -0.131. The van der Waals surface area contributed by atoms with Gasteiger partial charge < -0.3 is 9.88 Å². The molecule has 1 aromatic heterocycles. The van der Waals surface area contributed by atoms with Crippen molar-refractivity contribution in [3.63, 3.8) is 0 Å². The number of amides is 1. The average Bonchev–Trinajstić information content (AvgIpc) is 3.08. The van der Waals surface area contributed by atoms with Gasteiger partial charge in [0.25, 0.3) is 0 Å². The van der Waals surface area contributed by atoms with Crippen LogP contribution in [-0.4, -0.2) is 33.9 Å². The zero-order valence-electron chi connectivity index (χ0n) is 13.9. The molecule has 128 valence electrons. The molecule has 5 heteroatoms. The highest BCUT2D eigenvalue weighted by atomic mass is 79.9. The predicted octanol–water partition coefficient (Wildman–Crippen LogP) is 4.27. The van der Waals surface area contributed by atoms with Gasteiger partial charge in [0, 0.05) is 23.5 Å². The number of hydrogen-bond acceptors (Lipinski definition) is 2. The number of aromatic nitrogens is 2. The average molecular weight is 398 g/mol. The van der Waals surface area contributed by atoms with E-state index < -0.39 is 0 Å². The Labute approximate surface area is 155 Å². The highest BCUT2D eigenvalue weighted by molar-refractivity contribution is 9.10. The molecular weight excluding hydrogens is 378 g/mol. The molecule has 0 aliphatic carbocycles. The molecule has 4 nitrogen and oxygen atoms in total. The van der Waals surface area contributed by atoms with E-state index in [9.17, 15) is 4.79 Å². The Bertz CT molecular complexity index is 846. The third kappa shape index (κ3) is 3.61. The van der Waals surface area contributed by atoms with Gasteiger partial charge in [0.15, 0.2) is 0 Å². The smallest absolute Gasteiger partial charge is 0.226 e. The number of imidazole rings is 1. The fourth-order valence-electron chi connectivity index (χ4n) is 3.46. The number of fused-ring (bicyclic) bond motifs is 1. The van der Waals surface area contributed by atoms with Crippen LogP contribution in [0.4, 0.5) is 0 Å². The summed E-state index contributed by atoms with van der Waals surface area (Å²) in [4.78, 5) is 22.7. The van der Waals surface area contributed by atoms with E-state index in [2.05, 4.69) is 27.0 Å². The third-order valence-corrected chi connectivity index (χ3v) is 5.44. The Morgan fingerprint density at radius 1 is 1.12 bits per heavy atom. The molecule has 1 aliphatic heterocycles. The topological polar surface area (TPSA) is 49.0 Å². The Morgan fingerprint density at radius 3 is 2.56 bits per heavy atom. The van der Waals surface area contributed by atoms with E-state index in [1.54, 1.807) is 0 Å². The summed E-state index contributed by atoms with van der Waals surface area (Å²) in [6, 6.07) is 16.1. The van der Waals surface area contributed by atoms with Crippen molar-refractivity contribution in [2.24, 2.45) is 0 Å². The van der Waals surface area contributed by atoms with Gasteiger partial charge in [-0.05, 0) is 42.7 Å². The second-order valence-corrected chi connectivity index (χ2v) is 7.51. The lowest BCUT2D eigenvalue weighted by Gasteiger charge is -2.31. The molecular formula is C20H20BrN3O. The first kappa shape index (κ1) is 16.3. The highest BCUT2D eigenvalue weighted by Gasteiger charge is 2.25. The molecule has 0 saturated carbocycles. The summed E-state index contributed by atoms with van der Waals surface area (Å²) in [5.41, 5.74) is 3.17. The summed E-state index contributed by atoms with van der Waals surface area (Å²) < 4.78 is 1.04. The van der Waals surface area contributed by atoms with E-state index in [-0.39, 0.29) is 5.91 Å². The van der Waals surface area contributed by atoms with Crippen molar-refractivity contribution in [2.75, 3.05) is 13.1 Å². The number of likely N-dealkylation sites (tertiary alicyclic amines) is 1. The SMILES string of the molecule is O=C(Cc1ccc(Br)cc1)N1CCC(c2nc3ccccc3[nH]2)CC1. The number of carbonyl (C=O) groups excluding carboxylic acids is 1. The number of rotatable bonds is 3. The fourth-order valence-corrected chi connectivity index (χ4v) is 3.72. The molecule has 0 radical (unpaired) electrons. The number of nitrogens with zero attached hydrogens (tertiary/aromatic N) is 2. The van der Waals surface area contributed by atoms with E-state index in [0.29, 0.717) is 12.3 Å². The van der Waals surface area contributed by atoms with Crippen LogP contribution in [0, 0.1) is 0 Å². The molecule has 1 amide bonds. The monoisotopic (exact) mass is 397 g/mol. The van der Waals surface area contributed by atoms with Crippen LogP contribution in [-0.2, 0) is 11.2 Å². The Morgan fingerprint density at radius 2 is 1.84 bits per heavy atom. The molecule has 3 aromatic rings. The van der Waals surface area contributed by atoms with Gasteiger partial charge >= 0.3 is 0 Å². The van der Waals surface area contributed by atoms with Crippen LogP contribution in [0.5, 0.6) is 0 Å². The Hall–Kier alpha value is -2.14. The summed E-state index contributed by atoms with van der Waals surface area (Å²) >= 11 is 3.43. The first-order valence-corrected chi connectivity index (χ1v) is 9.45. The van der Waals surface area contributed by atoms with E-state index in [1.165, 1.54) is 0 Å². The summed E-state index contributed by atoms with van der Waals surface area (Å²) in [5, 5.41) is 0. The number of H-pyrrole nitrogens is 1. The molecule has 0 bridgehead atoms. The number of halogens is 1. The predicted molar refractivity (Wildman–Crippen MR) is 102 cm³/mol. The zero-order valence-corrected chi connectivity index (χ0v) is 15.5. The highest BCUT2D eigenvalue weighted by Crippen LogP contribution is 2.28. The molecule has 25 heavy (non-hydrogen) atoms.